The fourth-order valence-electron chi connectivity index (χ4n) is 3.60. The lowest BCUT2D eigenvalue weighted by molar-refractivity contribution is -0.124. The Balaban J connectivity index is 1.23. The van der Waals surface area contributed by atoms with Crippen LogP contribution in [0.2, 0.25) is 0 Å². The summed E-state index contributed by atoms with van der Waals surface area (Å²) in [6, 6.07) is 14.1. The number of nitrogens with one attached hydrogen (secondary N) is 2. The van der Waals surface area contributed by atoms with E-state index < -0.39 is 17.0 Å². The third-order valence-corrected chi connectivity index (χ3v) is 6.16. The van der Waals surface area contributed by atoms with Crippen molar-refractivity contribution in [3.63, 3.8) is 0 Å². The Morgan fingerprint density at radius 3 is 2.75 bits per heavy atom. The van der Waals surface area contributed by atoms with Crippen molar-refractivity contribution in [2.45, 2.75) is 19.3 Å². The summed E-state index contributed by atoms with van der Waals surface area (Å²) in [6.07, 6.45) is 5.18. The van der Waals surface area contributed by atoms with Gasteiger partial charge >= 0.3 is 0 Å². The predicted molar refractivity (Wildman–Crippen MR) is 123 cm³/mol. The number of para-hydroxylation sites is 1. The van der Waals surface area contributed by atoms with Crippen molar-refractivity contribution in [1.82, 2.24) is 15.2 Å². The van der Waals surface area contributed by atoms with Crippen LogP contribution in [0.25, 0.3) is 17.0 Å². The summed E-state index contributed by atoms with van der Waals surface area (Å²) >= 11 is 0.774. The highest BCUT2D eigenvalue weighted by Crippen LogP contribution is 2.32. The molecule has 0 aliphatic carbocycles. The number of thioether (sulfide) groups is 1. The average Bonchev–Trinajstić information content (AvgIpc) is 3.31. The van der Waals surface area contributed by atoms with Gasteiger partial charge in [0.05, 0.1) is 4.91 Å². The molecule has 1 aromatic heterocycles. The summed E-state index contributed by atoms with van der Waals surface area (Å²) in [7, 11) is 0. The monoisotopic (exact) mass is 451 g/mol. The number of fused-ring (bicyclic) bond motifs is 1. The van der Waals surface area contributed by atoms with Gasteiger partial charge in [-0.3, -0.25) is 19.3 Å². The van der Waals surface area contributed by atoms with E-state index in [1.807, 2.05) is 24.4 Å². The van der Waals surface area contributed by atoms with Gasteiger partial charge in [0.2, 0.25) is 5.91 Å². The molecule has 6 nitrogen and oxygen atoms in total. The van der Waals surface area contributed by atoms with Crippen LogP contribution in [-0.2, 0) is 16.0 Å². The number of imide groups is 1. The van der Waals surface area contributed by atoms with Gasteiger partial charge in [0.15, 0.2) is 0 Å². The van der Waals surface area contributed by atoms with Gasteiger partial charge in [0.25, 0.3) is 11.1 Å². The first-order chi connectivity index (χ1) is 15.5. The van der Waals surface area contributed by atoms with Crippen LogP contribution in [0.1, 0.15) is 24.0 Å². The van der Waals surface area contributed by atoms with E-state index in [0.29, 0.717) is 12.8 Å². The Morgan fingerprint density at radius 2 is 1.91 bits per heavy atom. The summed E-state index contributed by atoms with van der Waals surface area (Å²) < 4.78 is 13.8. The normalized spacial score (nSPS) is 15.2. The lowest BCUT2D eigenvalue weighted by atomic mass is 10.1. The number of carbonyl (C=O) groups excluding carboxylic acids is 3. The molecule has 0 atom stereocenters. The number of benzene rings is 2. The Kier molecular flexibility index (Phi) is 6.70. The summed E-state index contributed by atoms with van der Waals surface area (Å²) in [5.74, 6) is -1.06. The highest BCUT2D eigenvalue weighted by Gasteiger charge is 2.34. The molecule has 3 aromatic rings. The molecule has 32 heavy (non-hydrogen) atoms. The Morgan fingerprint density at radius 1 is 1.12 bits per heavy atom. The predicted octanol–water partition coefficient (Wildman–Crippen LogP) is 4.48. The topological polar surface area (TPSA) is 82.3 Å². The SMILES string of the molecule is O=C(CCCc1c[nH]c2ccccc12)NCCN1C(=O)S/C(=C\c2ccccc2F)C1=O. The first kappa shape index (κ1) is 21.8. The Hall–Kier alpha value is -3.39. The van der Waals surface area contributed by atoms with Gasteiger partial charge in [0, 0.05) is 42.2 Å². The molecule has 1 aliphatic heterocycles. The number of halogens is 1. The van der Waals surface area contributed by atoms with Crippen LogP contribution in [0.5, 0.6) is 0 Å². The van der Waals surface area contributed by atoms with Crippen LogP contribution in [0.4, 0.5) is 9.18 Å². The standard InChI is InChI=1S/C24H22FN3O3S/c25-19-9-3-1-6-16(19)14-21-23(30)28(24(31)32-21)13-12-26-22(29)11-5-7-17-15-27-20-10-4-2-8-18(17)20/h1-4,6,8-10,14-15,27H,5,7,11-13H2,(H,26,29)/b21-14-. The molecule has 0 spiro atoms. The molecule has 1 fully saturated rings. The van der Waals surface area contributed by atoms with Gasteiger partial charge in [-0.05, 0) is 48.4 Å². The average molecular weight is 452 g/mol. The largest absolute Gasteiger partial charge is 0.361 e. The molecular formula is C24H22FN3O3S. The number of hydrogen-bond acceptors (Lipinski definition) is 4. The molecule has 0 unspecified atom stereocenters. The summed E-state index contributed by atoms with van der Waals surface area (Å²) in [6.45, 7) is 0.254. The van der Waals surface area contributed by atoms with Crippen molar-refractivity contribution < 1.29 is 18.8 Å². The van der Waals surface area contributed by atoms with Gasteiger partial charge in [-0.1, -0.05) is 36.4 Å². The maximum absolute atomic E-state index is 13.8. The summed E-state index contributed by atoms with van der Waals surface area (Å²) in [5, 5.41) is 3.50. The van der Waals surface area contributed by atoms with Crippen molar-refractivity contribution >= 4 is 45.8 Å². The van der Waals surface area contributed by atoms with Crippen molar-refractivity contribution in [3.05, 3.63) is 76.6 Å². The zero-order valence-corrected chi connectivity index (χ0v) is 18.1. The van der Waals surface area contributed by atoms with E-state index in [4.69, 9.17) is 0 Å². The number of aromatic nitrogens is 1. The minimum absolute atomic E-state index is 0.0769. The van der Waals surface area contributed by atoms with Crippen LogP contribution in [0.15, 0.2) is 59.6 Å². The van der Waals surface area contributed by atoms with Gasteiger partial charge < -0.3 is 10.3 Å². The smallest absolute Gasteiger partial charge is 0.293 e. The van der Waals surface area contributed by atoms with E-state index in [1.165, 1.54) is 17.7 Å². The summed E-state index contributed by atoms with van der Waals surface area (Å²) in [4.78, 5) is 41.3. The van der Waals surface area contributed by atoms with Crippen molar-refractivity contribution in [2.24, 2.45) is 0 Å². The van der Waals surface area contributed by atoms with E-state index in [0.717, 1.165) is 34.0 Å². The zero-order chi connectivity index (χ0) is 22.5. The van der Waals surface area contributed by atoms with Gasteiger partial charge in [-0.15, -0.1) is 0 Å². The van der Waals surface area contributed by atoms with Crippen LogP contribution in [-0.4, -0.2) is 40.0 Å². The number of amides is 3. The molecule has 2 heterocycles. The second-order valence-electron chi connectivity index (χ2n) is 7.42. The van der Waals surface area contributed by atoms with Crippen LogP contribution in [0.3, 0.4) is 0 Å². The molecule has 164 valence electrons. The molecule has 4 rings (SSSR count). The van der Waals surface area contributed by atoms with Gasteiger partial charge in [0.1, 0.15) is 5.82 Å². The molecule has 1 saturated heterocycles. The summed E-state index contributed by atoms with van der Waals surface area (Å²) in [5.41, 5.74) is 2.50. The number of rotatable bonds is 8. The third-order valence-electron chi connectivity index (χ3n) is 5.25. The Bertz CT molecular complexity index is 1200. The zero-order valence-electron chi connectivity index (χ0n) is 17.3. The van der Waals surface area contributed by atoms with Crippen LogP contribution >= 0.6 is 11.8 Å². The first-order valence-electron chi connectivity index (χ1n) is 10.3. The van der Waals surface area contributed by atoms with E-state index in [2.05, 4.69) is 16.4 Å². The lowest BCUT2D eigenvalue weighted by Gasteiger charge is -2.13. The number of nitrogens with zero attached hydrogens (tertiary/aromatic N) is 1. The van der Waals surface area contributed by atoms with Crippen molar-refractivity contribution in [1.29, 1.82) is 0 Å². The number of aryl methyl sites for hydroxylation is 1. The molecule has 8 heteroatoms. The van der Waals surface area contributed by atoms with E-state index in [9.17, 15) is 18.8 Å². The molecule has 3 amide bonds. The fourth-order valence-corrected chi connectivity index (χ4v) is 4.46. The second-order valence-corrected chi connectivity index (χ2v) is 8.41. The maximum atomic E-state index is 13.8. The minimum atomic E-state index is -0.475. The highest BCUT2D eigenvalue weighted by molar-refractivity contribution is 8.18. The Labute approximate surface area is 188 Å². The molecular weight excluding hydrogens is 429 g/mol. The van der Waals surface area contributed by atoms with Gasteiger partial charge in [-0.2, -0.15) is 0 Å². The van der Waals surface area contributed by atoms with Crippen LogP contribution < -0.4 is 5.32 Å². The molecule has 0 radical (unpaired) electrons. The maximum Gasteiger partial charge on any atom is 0.293 e. The quantitative estimate of drug-likeness (QED) is 0.495. The van der Waals surface area contributed by atoms with E-state index >= 15 is 0 Å². The van der Waals surface area contributed by atoms with Crippen LogP contribution in [0, 0.1) is 5.82 Å². The first-order valence-corrected chi connectivity index (χ1v) is 11.2. The minimum Gasteiger partial charge on any atom is -0.361 e. The second kappa shape index (κ2) is 9.82. The highest BCUT2D eigenvalue weighted by atomic mass is 32.2. The molecule has 0 saturated carbocycles. The van der Waals surface area contributed by atoms with Crippen molar-refractivity contribution in [2.75, 3.05) is 13.1 Å². The number of H-pyrrole nitrogens is 1. The number of hydrogen-bond donors (Lipinski definition) is 2. The van der Waals surface area contributed by atoms with E-state index in [1.54, 1.807) is 18.2 Å². The van der Waals surface area contributed by atoms with Crippen molar-refractivity contribution in [3.8, 4) is 0 Å². The number of aromatic amines is 1. The molecule has 2 aromatic carbocycles. The lowest BCUT2D eigenvalue weighted by Crippen LogP contribution is -2.37. The third kappa shape index (κ3) is 4.91. The molecule has 0 bridgehead atoms. The fraction of sp³-hybridized carbons (Fsp3) is 0.208. The molecule has 2 N–H and O–H groups in total. The van der Waals surface area contributed by atoms with Gasteiger partial charge in [-0.25, -0.2) is 4.39 Å². The number of carbonyl (C=O) groups is 3. The molecule has 1 aliphatic rings. The van der Waals surface area contributed by atoms with E-state index in [-0.39, 0.29) is 29.5 Å².